The largest absolute Gasteiger partial charge is 0.617 e. The Kier molecular flexibility index (Phi) is 2.82. The Labute approximate surface area is 90.7 Å². The predicted octanol–water partition coefficient (Wildman–Crippen LogP) is 0.823. The molecule has 0 atom stereocenters. The lowest BCUT2D eigenvalue weighted by Gasteiger charge is -1.97. The fourth-order valence-corrected chi connectivity index (χ4v) is 2.45. The van der Waals surface area contributed by atoms with E-state index in [9.17, 15) is 10.0 Å². The van der Waals surface area contributed by atoms with Crippen LogP contribution >= 0.6 is 11.3 Å². The van der Waals surface area contributed by atoms with Gasteiger partial charge >= 0.3 is 0 Å². The number of carbonyl (C=O) groups excluding carboxylic acids is 1. The Morgan fingerprint density at radius 1 is 1.47 bits per heavy atom. The number of hydrogen-bond donors (Lipinski definition) is 1. The molecule has 1 aromatic carbocycles. The van der Waals surface area contributed by atoms with Crippen molar-refractivity contribution in [2.45, 2.75) is 6.42 Å². The fraction of sp³-hybridized carbons (Fsp3) is 0.200. The molecule has 0 aliphatic heterocycles. The number of nitrogens with one attached hydrogen (secondary N) is 1. The Bertz CT molecular complexity index is 481. The van der Waals surface area contributed by atoms with E-state index >= 15 is 0 Å². The van der Waals surface area contributed by atoms with Crippen molar-refractivity contribution in [3.63, 3.8) is 0 Å². The number of carbonyl (C=O) groups is 1. The summed E-state index contributed by atoms with van der Waals surface area (Å²) in [4.78, 5) is 10.1. The van der Waals surface area contributed by atoms with Gasteiger partial charge < -0.3 is 10.5 Å². The topological polar surface area (TPSA) is 56.0 Å². The smallest absolute Gasteiger partial charge is 0.251 e. The molecule has 2 rings (SSSR count). The summed E-state index contributed by atoms with van der Waals surface area (Å²) in [6.07, 6.45) is 1.21. The van der Waals surface area contributed by atoms with Crippen LogP contribution in [0.3, 0.4) is 0 Å². The first-order valence-corrected chi connectivity index (χ1v) is 5.41. The number of aromatic nitrogens is 1. The Morgan fingerprint density at radius 3 is 3.00 bits per heavy atom. The van der Waals surface area contributed by atoms with E-state index < -0.39 is 0 Å². The van der Waals surface area contributed by atoms with Crippen LogP contribution in [0.5, 0.6) is 0 Å². The molecule has 0 fully saturated rings. The van der Waals surface area contributed by atoms with Gasteiger partial charge in [0, 0.05) is 12.6 Å². The minimum Gasteiger partial charge on any atom is -0.617 e. The van der Waals surface area contributed by atoms with Crippen molar-refractivity contribution < 1.29 is 9.52 Å². The summed E-state index contributed by atoms with van der Waals surface area (Å²) in [5.41, 5.74) is 0.698. The van der Waals surface area contributed by atoms with Crippen LogP contribution in [0.15, 0.2) is 24.3 Å². The predicted molar refractivity (Wildman–Crippen MR) is 58.6 cm³/mol. The third-order valence-corrected chi connectivity index (χ3v) is 3.28. The maximum atomic E-state index is 11.7. The average molecular weight is 222 g/mol. The van der Waals surface area contributed by atoms with Crippen LogP contribution in [-0.2, 0) is 11.2 Å². The second kappa shape index (κ2) is 4.27. The van der Waals surface area contributed by atoms with E-state index in [1.165, 1.54) is 11.3 Å². The molecule has 0 aliphatic rings. The highest BCUT2D eigenvalue weighted by atomic mass is 32.1. The van der Waals surface area contributed by atoms with E-state index in [4.69, 9.17) is 0 Å². The molecule has 0 radical (unpaired) electrons. The summed E-state index contributed by atoms with van der Waals surface area (Å²) >= 11 is 1.47. The van der Waals surface area contributed by atoms with Crippen LogP contribution in [-0.4, -0.2) is 13.0 Å². The zero-order valence-corrected chi connectivity index (χ0v) is 8.79. The van der Waals surface area contributed by atoms with Crippen LogP contribution in [0, 0.1) is 5.21 Å². The summed E-state index contributed by atoms with van der Waals surface area (Å²) in [5.74, 6) is 0. The molecule has 15 heavy (non-hydrogen) atoms. The highest BCUT2D eigenvalue weighted by Gasteiger charge is 2.13. The number of rotatable bonds is 4. The second-order valence-corrected chi connectivity index (χ2v) is 4.20. The molecule has 0 bridgehead atoms. The standard InChI is InChI=1S/C10H10N2O2S/c13-7-11-6-5-10-12(14)8-3-1-2-4-9(8)15-10/h1-4,7H,5-6H2,(H,11,13). The van der Waals surface area contributed by atoms with Gasteiger partial charge in [-0.15, -0.1) is 0 Å². The summed E-state index contributed by atoms with van der Waals surface area (Å²) in [6, 6.07) is 7.48. The van der Waals surface area contributed by atoms with Gasteiger partial charge in [-0.1, -0.05) is 23.5 Å². The molecule has 4 nitrogen and oxygen atoms in total. The van der Waals surface area contributed by atoms with Crippen molar-refractivity contribution in [3.05, 3.63) is 34.5 Å². The molecular weight excluding hydrogens is 212 g/mol. The van der Waals surface area contributed by atoms with Crippen LogP contribution in [0.25, 0.3) is 10.2 Å². The minimum atomic E-state index is 0.499. The molecule has 2 aromatic rings. The van der Waals surface area contributed by atoms with E-state index in [1.807, 2.05) is 18.2 Å². The van der Waals surface area contributed by atoms with Gasteiger partial charge in [-0.25, -0.2) is 0 Å². The van der Waals surface area contributed by atoms with Gasteiger partial charge in [0.15, 0.2) is 0 Å². The SMILES string of the molecule is O=CNCCc1sc2ccccc2[n+]1[O-]. The molecule has 0 spiro atoms. The summed E-state index contributed by atoms with van der Waals surface area (Å²) in [6.45, 7) is 0.499. The number of fused-ring (bicyclic) bond motifs is 1. The number of hydrogen-bond acceptors (Lipinski definition) is 3. The Morgan fingerprint density at radius 2 is 2.27 bits per heavy atom. The van der Waals surface area contributed by atoms with Crippen molar-refractivity contribution in [2.75, 3.05) is 6.54 Å². The first kappa shape index (κ1) is 9.92. The van der Waals surface area contributed by atoms with Gasteiger partial charge in [0.1, 0.15) is 4.70 Å². The lowest BCUT2D eigenvalue weighted by Crippen LogP contribution is -2.30. The molecule has 1 heterocycles. The van der Waals surface area contributed by atoms with Crippen LogP contribution in [0.2, 0.25) is 0 Å². The van der Waals surface area contributed by atoms with Crippen molar-refractivity contribution in [1.82, 2.24) is 5.32 Å². The molecule has 1 N–H and O–H groups in total. The van der Waals surface area contributed by atoms with Gasteiger partial charge in [-0.05, 0) is 6.07 Å². The Hall–Kier alpha value is -1.62. The van der Waals surface area contributed by atoms with E-state index in [0.717, 1.165) is 14.4 Å². The first-order chi connectivity index (χ1) is 7.33. The summed E-state index contributed by atoms with van der Waals surface area (Å²) in [5, 5.41) is 15.0. The number of para-hydroxylation sites is 1. The molecule has 1 amide bonds. The third kappa shape index (κ3) is 1.92. The van der Waals surface area contributed by atoms with E-state index in [-0.39, 0.29) is 0 Å². The number of thiazole rings is 1. The second-order valence-electron chi connectivity index (χ2n) is 3.08. The minimum absolute atomic E-state index is 0.499. The monoisotopic (exact) mass is 222 g/mol. The van der Waals surface area contributed by atoms with Gasteiger partial charge in [-0.2, -0.15) is 4.73 Å². The van der Waals surface area contributed by atoms with Crippen LogP contribution in [0.4, 0.5) is 0 Å². The van der Waals surface area contributed by atoms with Crippen LogP contribution < -0.4 is 10.0 Å². The highest BCUT2D eigenvalue weighted by Crippen LogP contribution is 2.19. The number of benzene rings is 1. The average Bonchev–Trinajstić information content (AvgIpc) is 2.57. The van der Waals surface area contributed by atoms with Crippen molar-refractivity contribution >= 4 is 28.0 Å². The third-order valence-electron chi connectivity index (χ3n) is 2.10. The molecule has 78 valence electrons. The molecule has 0 saturated heterocycles. The molecule has 1 aromatic heterocycles. The van der Waals surface area contributed by atoms with E-state index in [1.54, 1.807) is 6.07 Å². The Balaban J connectivity index is 2.27. The van der Waals surface area contributed by atoms with Gasteiger partial charge in [0.25, 0.3) is 5.01 Å². The van der Waals surface area contributed by atoms with Gasteiger partial charge in [0.2, 0.25) is 11.9 Å². The van der Waals surface area contributed by atoms with Gasteiger partial charge in [0.05, 0.1) is 6.42 Å². The molecular formula is C10H10N2O2S. The number of nitrogens with zero attached hydrogens (tertiary/aromatic N) is 1. The maximum Gasteiger partial charge on any atom is 0.251 e. The lowest BCUT2D eigenvalue weighted by molar-refractivity contribution is -0.580. The van der Waals surface area contributed by atoms with Crippen molar-refractivity contribution in [1.29, 1.82) is 0 Å². The van der Waals surface area contributed by atoms with Crippen molar-refractivity contribution in [3.8, 4) is 0 Å². The quantitative estimate of drug-likeness (QED) is 0.360. The highest BCUT2D eigenvalue weighted by molar-refractivity contribution is 7.18. The lowest BCUT2D eigenvalue weighted by atomic mass is 10.3. The first-order valence-electron chi connectivity index (χ1n) is 4.60. The zero-order chi connectivity index (χ0) is 10.7. The maximum absolute atomic E-state index is 11.7. The zero-order valence-electron chi connectivity index (χ0n) is 7.97. The van der Waals surface area contributed by atoms with Gasteiger partial charge in [-0.3, -0.25) is 4.79 Å². The number of amides is 1. The van der Waals surface area contributed by atoms with Crippen LogP contribution in [0.1, 0.15) is 5.01 Å². The molecule has 5 heteroatoms. The van der Waals surface area contributed by atoms with Crippen molar-refractivity contribution in [2.24, 2.45) is 0 Å². The summed E-state index contributed by atoms with van der Waals surface area (Å²) < 4.78 is 1.92. The van der Waals surface area contributed by atoms with E-state index in [0.29, 0.717) is 24.9 Å². The normalized spacial score (nSPS) is 10.4. The molecule has 0 aliphatic carbocycles. The summed E-state index contributed by atoms with van der Waals surface area (Å²) in [7, 11) is 0. The fourth-order valence-electron chi connectivity index (χ4n) is 1.40. The van der Waals surface area contributed by atoms with E-state index in [2.05, 4.69) is 5.32 Å². The molecule has 0 unspecified atom stereocenters. The molecule has 0 saturated carbocycles.